The predicted octanol–water partition coefficient (Wildman–Crippen LogP) is 1.91. The van der Waals surface area contributed by atoms with Crippen molar-refractivity contribution in [1.29, 1.82) is 0 Å². The van der Waals surface area contributed by atoms with Gasteiger partial charge in [0.1, 0.15) is 6.17 Å². The Morgan fingerprint density at radius 3 is 2.94 bits per heavy atom. The Morgan fingerprint density at radius 2 is 2.24 bits per heavy atom. The molecule has 0 saturated carbocycles. The molecule has 3 nitrogen and oxygen atoms in total. The number of nitrogens with zero attached hydrogens (tertiary/aromatic N) is 2. The van der Waals surface area contributed by atoms with Gasteiger partial charge in [-0.3, -0.25) is 4.98 Å². The molecule has 0 aliphatic carbocycles. The molecule has 2 N–H and O–H groups in total. The zero-order chi connectivity index (χ0) is 12.4. The highest BCUT2D eigenvalue weighted by Crippen LogP contribution is 2.29. The van der Waals surface area contributed by atoms with Crippen LogP contribution >= 0.6 is 0 Å². The summed E-state index contributed by atoms with van der Waals surface area (Å²) in [6.45, 7) is 0.434. The summed E-state index contributed by atoms with van der Waals surface area (Å²) in [7, 11) is 0. The average Bonchev–Trinajstić information content (AvgIpc) is 2.34. The first-order valence-electron chi connectivity index (χ1n) is 5.52. The molecule has 1 aliphatic rings. The van der Waals surface area contributed by atoms with Crippen molar-refractivity contribution in [2.45, 2.75) is 31.9 Å². The summed E-state index contributed by atoms with van der Waals surface area (Å²) < 4.78 is 40.5. The lowest BCUT2D eigenvalue weighted by Crippen LogP contribution is -2.44. The molecule has 2 heterocycles. The van der Waals surface area contributed by atoms with Gasteiger partial charge in [0.05, 0.1) is 17.6 Å². The van der Waals surface area contributed by atoms with Crippen molar-refractivity contribution in [3.63, 3.8) is 0 Å². The number of nitrogens with two attached hydrogens (primary N) is 1. The number of piperidine rings is 1. The number of alkyl halides is 2. The van der Waals surface area contributed by atoms with Crippen LogP contribution < -0.4 is 10.6 Å². The van der Waals surface area contributed by atoms with Crippen molar-refractivity contribution in [3.8, 4) is 0 Å². The summed E-state index contributed by atoms with van der Waals surface area (Å²) in [5.41, 5.74) is 5.88. The van der Waals surface area contributed by atoms with E-state index in [2.05, 4.69) is 4.98 Å². The molecule has 94 valence electrons. The van der Waals surface area contributed by atoms with Crippen LogP contribution in [0.3, 0.4) is 0 Å². The lowest BCUT2D eigenvalue weighted by atomic mass is 10.1. The maximum atomic E-state index is 13.7. The van der Waals surface area contributed by atoms with E-state index in [0.717, 1.165) is 11.1 Å². The first-order valence-corrected chi connectivity index (χ1v) is 5.52. The first kappa shape index (κ1) is 12.2. The molecule has 2 atom stereocenters. The quantitative estimate of drug-likeness (QED) is 0.809. The topological polar surface area (TPSA) is 42.1 Å². The van der Waals surface area contributed by atoms with E-state index in [1.807, 2.05) is 0 Å². The zero-order valence-corrected chi connectivity index (χ0v) is 9.24. The maximum Gasteiger partial charge on any atom is 0.204 e. The third-order valence-corrected chi connectivity index (χ3v) is 2.89. The molecular formula is C11H14F3N3. The number of hydrogen-bond donors (Lipinski definition) is 1. The number of rotatable bonds is 2. The van der Waals surface area contributed by atoms with Crippen LogP contribution in [0.15, 0.2) is 12.3 Å². The highest BCUT2D eigenvalue weighted by molar-refractivity contribution is 5.49. The molecule has 0 radical (unpaired) electrons. The van der Waals surface area contributed by atoms with Crippen molar-refractivity contribution in [3.05, 3.63) is 23.8 Å². The Kier molecular flexibility index (Phi) is 3.51. The molecule has 1 saturated heterocycles. The Bertz CT molecular complexity index is 400. The molecule has 6 heteroatoms. The normalized spacial score (nSPS) is 25.1. The van der Waals surface area contributed by atoms with Gasteiger partial charge < -0.3 is 10.6 Å². The molecule has 1 fully saturated rings. The van der Waals surface area contributed by atoms with E-state index < -0.39 is 18.3 Å². The van der Waals surface area contributed by atoms with Gasteiger partial charge in [0.15, 0.2) is 5.82 Å². The standard InChI is InChI=1S/C11H14F3N3/c12-8-2-1-3-17(11(8)14)10-4-7(5-15)16-6-9(10)13/h4,6,8,11H,1-3,5,15H2. The smallest absolute Gasteiger partial charge is 0.204 e. The van der Waals surface area contributed by atoms with Gasteiger partial charge in [0.2, 0.25) is 6.30 Å². The molecule has 0 amide bonds. The Hall–Kier alpha value is -1.30. The fraction of sp³-hybridized carbons (Fsp3) is 0.545. The van der Waals surface area contributed by atoms with Gasteiger partial charge in [-0.15, -0.1) is 0 Å². The van der Waals surface area contributed by atoms with Crippen molar-refractivity contribution < 1.29 is 13.2 Å². The van der Waals surface area contributed by atoms with E-state index in [4.69, 9.17) is 5.73 Å². The summed E-state index contributed by atoms with van der Waals surface area (Å²) in [5.74, 6) is -0.654. The van der Waals surface area contributed by atoms with E-state index in [1.54, 1.807) is 0 Å². The molecule has 2 unspecified atom stereocenters. The van der Waals surface area contributed by atoms with Crippen LogP contribution in [0.4, 0.5) is 18.9 Å². The maximum absolute atomic E-state index is 13.7. The van der Waals surface area contributed by atoms with Crippen LogP contribution in [0.1, 0.15) is 18.5 Å². The van der Waals surface area contributed by atoms with Gasteiger partial charge in [-0.1, -0.05) is 0 Å². The van der Waals surface area contributed by atoms with Crippen LogP contribution in [0.2, 0.25) is 0 Å². The van der Waals surface area contributed by atoms with E-state index in [0.29, 0.717) is 18.7 Å². The molecule has 1 aromatic rings. The van der Waals surface area contributed by atoms with Gasteiger partial charge in [0.25, 0.3) is 0 Å². The Morgan fingerprint density at radius 1 is 1.47 bits per heavy atom. The minimum atomic E-state index is -1.80. The van der Waals surface area contributed by atoms with E-state index in [9.17, 15) is 13.2 Å². The third kappa shape index (κ3) is 2.36. The largest absolute Gasteiger partial charge is 0.337 e. The Balaban J connectivity index is 2.31. The highest BCUT2D eigenvalue weighted by Gasteiger charge is 2.32. The number of hydrogen-bond acceptors (Lipinski definition) is 3. The van der Waals surface area contributed by atoms with E-state index in [-0.39, 0.29) is 18.7 Å². The second-order valence-electron chi connectivity index (χ2n) is 4.06. The van der Waals surface area contributed by atoms with Crippen molar-refractivity contribution >= 4 is 5.69 Å². The first-order chi connectivity index (χ1) is 8.13. The fourth-order valence-corrected chi connectivity index (χ4v) is 1.97. The van der Waals surface area contributed by atoms with Gasteiger partial charge in [-0.25, -0.2) is 13.2 Å². The van der Waals surface area contributed by atoms with Crippen LogP contribution in [-0.4, -0.2) is 24.0 Å². The summed E-state index contributed by atoms with van der Waals surface area (Å²) in [5, 5.41) is 0. The minimum absolute atomic E-state index is 0.0373. The molecule has 0 bridgehead atoms. The minimum Gasteiger partial charge on any atom is -0.337 e. The number of anilines is 1. The van der Waals surface area contributed by atoms with Crippen molar-refractivity contribution in [1.82, 2.24) is 4.98 Å². The second kappa shape index (κ2) is 4.91. The molecule has 1 aromatic heterocycles. The van der Waals surface area contributed by atoms with Crippen LogP contribution in [0.5, 0.6) is 0 Å². The highest BCUT2D eigenvalue weighted by atomic mass is 19.2. The zero-order valence-electron chi connectivity index (χ0n) is 9.24. The summed E-state index contributed by atoms with van der Waals surface area (Å²) in [6.07, 6.45) is -1.70. The molecule has 1 aliphatic heterocycles. The van der Waals surface area contributed by atoms with E-state index >= 15 is 0 Å². The molecular weight excluding hydrogens is 231 g/mol. The van der Waals surface area contributed by atoms with Crippen LogP contribution in [0, 0.1) is 5.82 Å². The average molecular weight is 245 g/mol. The SMILES string of the molecule is NCc1cc(N2CCCC(F)C2F)c(F)cn1. The monoisotopic (exact) mass is 245 g/mol. The van der Waals surface area contributed by atoms with Gasteiger partial charge in [-0.05, 0) is 18.9 Å². The van der Waals surface area contributed by atoms with Crippen molar-refractivity contribution in [2.24, 2.45) is 5.73 Å². The summed E-state index contributed by atoms with van der Waals surface area (Å²) in [6, 6.07) is 1.37. The van der Waals surface area contributed by atoms with Gasteiger partial charge in [-0.2, -0.15) is 0 Å². The molecule has 17 heavy (non-hydrogen) atoms. The summed E-state index contributed by atoms with van der Waals surface area (Å²) >= 11 is 0. The van der Waals surface area contributed by atoms with Crippen molar-refractivity contribution in [2.75, 3.05) is 11.4 Å². The lowest BCUT2D eigenvalue weighted by Gasteiger charge is -2.34. The molecule has 0 spiro atoms. The van der Waals surface area contributed by atoms with Gasteiger partial charge >= 0.3 is 0 Å². The van der Waals surface area contributed by atoms with Crippen LogP contribution in [0.25, 0.3) is 0 Å². The summed E-state index contributed by atoms with van der Waals surface area (Å²) in [4.78, 5) is 4.85. The number of aromatic nitrogens is 1. The fourth-order valence-electron chi connectivity index (χ4n) is 1.97. The predicted molar refractivity (Wildman–Crippen MR) is 58.5 cm³/mol. The number of pyridine rings is 1. The lowest BCUT2D eigenvalue weighted by molar-refractivity contribution is 0.129. The Labute approximate surface area is 97.4 Å². The van der Waals surface area contributed by atoms with Crippen LogP contribution in [-0.2, 0) is 6.54 Å². The van der Waals surface area contributed by atoms with Gasteiger partial charge in [0, 0.05) is 13.1 Å². The van der Waals surface area contributed by atoms with E-state index in [1.165, 1.54) is 6.07 Å². The second-order valence-corrected chi connectivity index (χ2v) is 4.06. The molecule has 0 aromatic carbocycles. The third-order valence-electron chi connectivity index (χ3n) is 2.89. The number of halogens is 3. The molecule has 2 rings (SSSR count).